The van der Waals surface area contributed by atoms with E-state index in [9.17, 15) is 0 Å². The van der Waals surface area contributed by atoms with Crippen LogP contribution in [0.25, 0.3) is 5.57 Å². The maximum absolute atomic E-state index is 6.20. The van der Waals surface area contributed by atoms with Crippen LogP contribution in [0.15, 0.2) is 66.1 Å². The Morgan fingerprint density at radius 3 is 2.08 bits per heavy atom. The molecule has 3 aliphatic heterocycles. The van der Waals surface area contributed by atoms with E-state index in [-0.39, 0.29) is 13.6 Å². The van der Waals surface area contributed by atoms with Gasteiger partial charge >= 0.3 is 0 Å². The zero-order valence-corrected chi connectivity index (χ0v) is 24.9. The van der Waals surface area contributed by atoms with Crippen molar-refractivity contribution in [2.24, 2.45) is 0 Å². The first-order valence-corrected chi connectivity index (χ1v) is 16.0. The van der Waals surface area contributed by atoms with Crippen molar-refractivity contribution in [3.05, 3.63) is 105 Å². The Kier molecular flexibility index (Phi) is 6.45. The van der Waals surface area contributed by atoms with Crippen LogP contribution < -0.4 is 14.8 Å². The maximum Gasteiger partial charge on any atom is 0.231 e. The fourth-order valence-electron chi connectivity index (χ4n) is 6.62. The summed E-state index contributed by atoms with van der Waals surface area (Å²) in [5.74, 6) is 3.48. The molecule has 6 heteroatoms. The number of aryl methyl sites for hydroxylation is 4. The van der Waals surface area contributed by atoms with Gasteiger partial charge in [-0.1, -0.05) is 73.3 Å². The number of hydrogen-bond acceptors (Lipinski definition) is 4. The first-order valence-electron chi connectivity index (χ1n) is 13.7. The third-order valence-electron chi connectivity index (χ3n) is 8.08. The summed E-state index contributed by atoms with van der Waals surface area (Å²) in [5.41, 5.74) is 11.8. The molecule has 7 rings (SSSR count). The van der Waals surface area contributed by atoms with E-state index < -0.39 is 0 Å². The predicted molar refractivity (Wildman–Crippen MR) is 161 cm³/mol. The van der Waals surface area contributed by atoms with Gasteiger partial charge in [-0.2, -0.15) is 0 Å². The second kappa shape index (κ2) is 9.99. The van der Waals surface area contributed by atoms with Crippen molar-refractivity contribution in [1.29, 1.82) is 0 Å². The summed E-state index contributed by atoms with van der Waals surface area (Å²) in [5, 5.41) is 1.33. The molecule has 39 heavy (non-hydrogen) atoms. The molecular formula is C33H34O4P2. The number of benzene rings is 3. The van der Waals surface area contributed by atoms with Gasteiger partial charge in [-0.3, -0.25) is 0 Å². The number of hydrogen-bond donors (Lipinski definition) is 0. The molecule has 0 amide bonds. The van der Waals surface area contributed by atoms with Crippen molar-refractivity contribution >= 4 is 28.0 Å². The normalized spacial score (nSPS) is 24.6. The molecule has 5 atom stereocenters. The summed E-state index contributed by atoms with van der Waals surface area (Å²) >= 11 is 0. The minimum absolute atomic E-state index is 0.260. The Bertz CT molecular complexity index is 1500. The number of ether oxygens (including phenoxy) is 4. The Labute approximate surface area is 234 Å². The van der Waals surface area contributed by atoms with Gasteiger partial charge < -0.3 is 18.9 Å². The van der Waals surface area contributed by atoms with Gasteiger partial charge in [0.25, 0.3) is 0 Å². The van der Waals surface area contributed by atoms with E-state index in [2.05, 4.69) is 82.3 Å². The molecule has 3 aromatic carbocycles. The van der Waals surface area contributed by atoms with Gasteiger partial charge in [-0.15, -0.1) is 8.58 Å². The highest BCUT2D eigenvalue weighted by Gasteiger charge is 2.39. The van der Waals surface area contributed by atoms with Gasteiger partial charge in [-0.05, 0) is 69.1 Å². The molecule has 3 heterocycles. The molecule has 200 valence electrons. The second-order valence-electron chi connectivity index (χ2n) is 11.2. The molecule has 0 aromatic heterocycles. The summed E-state index contributed by atoms with van der Waals surface area (Å²) in [4.78, 5) is 0. The van der Waals surface area contributed by atoms with Crippen molar-refractivity contribution in [1.82, 2.24) is 0 Å². The van der Waals surface area contributed by atoms with E-state index in [0.29, 0.717) is 34.1 Å². The van der Waals surface area contributed by atoms with Crippen molar-refractivity contribution in [3.63, 3.8) is 0 Å². The average molecular weight is 557 g/mol. The Morgan fingerprint density at radius 1 is 0.692 bits per heavy atom. The van der Waals surface area contributed by atoms with E-state index in [4.69, 9.17) is 18.9 Å². The van der Waals surface area contributed by atoms with Crippen LogP contribution in [0.5, 0.6) is 11.5 Å². The number of fused-ring (bicyclic) bond motifs is 6. The van der Waals surface area contributed by atoms with Crippen LogP contribution in [-0.4, -0.2) is 19.2 Å². The van der Waals surface area contributed by atoms with E-state index in [1.165, 1.54) is 49.8 Å². The third kappa shape index (κ3) is 4.66. The topological polar surface area (TPSA) is 36.9 Å². The molecule has 0 N–H and O–H groups in total. The average Bonchev–Trinajstić information content (AvgIpc) is 3.56. The van der Waals surface area contributed by atoms with Crippen molar-refractivity contribution < 1.29 is 18.9 Å². The maximum atomic E-state index is 6.20. The minimum atomic E-state index is 0.260. The van der Waals surface area contributed by atoms with E-state index in [1.54, 1.807) is 0 Å². The highest BCUT2D eigenvalue weighted by Crippen LogP contribution is 2.59. The standard InChI is InChI=1S/C33H34O4P2/c1-18-9-19(2)12-22(11-18)28-15-29(23-13-20(3)10-21(4)14-23)39-27-8-6-25-33(37-17-35-25)31(27)30-26(38-28)7-5-24-32(30)36-16-34-24/h5-7,9-14,27-29,38-39H,8,15-17H2,1-4H3. The molecule has 0 saturated carbocycles. The Morgan fingerprint density at radius 2 is 1.36 bits per heavy atom. The second-order valence-corrected chi connectivity index (χ2v) is 14.5. The minimum Gasteiger partial charge on any atom is -0.454 e. The van der Waals surface area contributed by atoms with E-state index >= 15 is 0 Å². The summed E-state index contributed by atoms with van der Waals surface area (Å²) in [6.07, 6.45) is 4.30. The van der Waals surface area contributed by atoms with Crippen LogP contribution in [0.4, 0.5) is 0 Å². The van der Waals surface area contributed by atoms with Crippen LogP contribution in [0.3, 0.4) is 0 Å². The molecular weight excluding hydrogens is 522 g/mol. The third-order valence-corrected chi connectivity index (χ3v) is 11.6. The summed E-state index contributed by atoms with van der Waals surface area (Å²) in [6, 6.07) is 18.6. The van der Waals surface area contributed by atoms with Gasteiger partial charge in [0, 0.05) is 28.1 Å². The molecule has 1 aliphatic carbocycles. The van der Waals surface area contributed by atoms with Crippen molar-refractivity contribution in [2.75, 3.05) is 13.6 Å². The van der Waals surface area contributed by atoms with Gasteiger partial charge in [0.15, 0.2) is 23.0 Å². The van der Waals surface area contributed by atoms with Crippen molar-refractivity contribution in [2.45, 2.75) is 57.5 Å². The highest BCUT2D eigenvalue weighted by atomic mass is 31.1. The number of rotatable bonds is 2. The molecule has 1 saturated heterocycles. The molecule has 3 aromatic rings. The van der Waals surface area contributed by atoms with Gasteiger partial charge in [0.2, 0.25) is 13.6 Å². The van der Waals surface area contributed by atoms with Crippen LogP contribution >= 0.6 is 17.2 Å². The smallest absolute Gasteiger partial charge is 0.231 e. The molecule has 4 aliphatic rings. The van der Waals surface area contributed by atoms with E-state index in [0.717, 1.165) is 35.9 Å². The predicted octanol–water partition coefficient (Wildman–Crippen LogP) is 7.89. The largest absolute Gasteiger partial charge is 0.454 e. The molecule has 4 nitrogen and oxygen atoms in total. The molecule has 5 unspecified atom stereocenters. The molecule has 0 bridgehead atoms. The first-order chi connectivity index (χ1) is 18.9. The quantitative estimate of drug-likeness (QED) is 0.301. The summed E-state index contributed by atoms with van der Waals surface area (Å²) < 4.78 is 24.2. The molecule has 0 radical (unpaired) electrons. The summed E-state index contributed by atoms with van der Waals surface area (Å²) in [7, 11) is 1.30. The molecule has 1 fully saturated rings. The van der Waals surface area contributed by atoms with Crippen molar-refractivity contribution in [3.8, 4) is 11.5 Å². The van der Waals surface area contributed by atoms with Crippen LogP contribution in [-0.2, 0) is 9.47 Å². The fraction of sp³-hybridized carbons (Fsp3) is 0.333. The van der Waals surface area contributed by atoms with E-state index in [1.807, 2.05) is 0 Å². The zero-order valence-electron chi connectivity index (χ0n) is 22.9. The summed E-state index contributed by atoms with van der Waals surface area (Å²) in [6.45, 7) is 9.42. The lowest BCUT2D eigenvalue weighted by Gasteiger charge is -2.29. The lowest BCUT2D eigenvalue weighted by atomic mass is 9.93. The Balaban J connectivity index is 1.45. The first kappa shape index (κ1) is 25.2. The van der Waals surface area contributed by atoms with Gasteiger partial charge in [0.05, 0.1) is 0 Å². The monoisotopic (exact) mass is 556 g/mol. The highest BCUT2D eigenvalue weighted by molar-refractivity contribution is 7.48. The lowest BCUT2D eigenvalue weighted by Crippen LogP contribution is -2.17. The van der Waals surface area contributed by atoms with Crippen LogP contribution in [0, 0.1) is 27.7 Å². The van der Waals surface area contributed by atoms with Crippen LogP contribution in [0.1, 0.15) is 63.1 Å². The number of allylic oxidation sites excluding steroid dienone is 2. The lowest BCUT2D eigenvalue weighted by molar-refractivity contribution is 0.0981. The Hall–Kier alpha value is -2.80. The van der Waals surface area contributed by atoms with Gasteiger partial charge in [-0.25, -0.2) is 0 Å². The molecule has 0 spiro atoms. The SMILES string of the molecule is Cc1cc(C)cc(C2CC(c3cc(C)cc(C)c3)PC3CC=C4OCOC4=C3c3c(ccc4c3OCO4)P2)c1. The van der Waals surface area contributed by atoms with Crippen LogP contribution in [0.2, 0.25) is 0 Å². The van der Waals surface area contributed by atoms with Gasteiger partial charge in [0.1, 0.15) is 0 Å². The zero-order chi connectivity index (χ0) is 26.7. The fourth-order valence-corrected chi connectivity index (χ4v) is 10.4.